The molecule has 2 heterocycles. The highest BCUT2D eigenvalue weighted by Crippen LogP contribution is 2.41. The molecule has 0 amide bonds. The summed E-state index contributed by atoms with van der Waals surface area (Å²) in [6.07, 6.45) is -5.25. The molecule has 2 aliphatic rings. The molecule has 2 aliphatic heterocycles. The van der Waals surface area contributed by atoms with Crippen LogP contribution >= 0.6 is 0 Å². The minimum Gasteiger partial charge on any atom is -0.497 e. The zero-order chi connectivity index (χ0) is 31.7. The number of ether oxygens (including phenoxy) is 5. The summed E-state index contributed by atoms with van der Waals surface area (Å²) in [6.45, 7) is 6.48. The Bertz CT molecular complexity index is 1640. The number of rotatable bonds is 12. The maximum Gasteiger partial charge on any atom is 0.297 e. The fourth-order valence-corrected chi connectivity index (χ4v) is 6.93. The summed E-state index contributed by atoms with van der Waals surface area (Å²) in [7, 11) is -7.13. The molecule has 3 aromatic carbocycles. The largest absolute Gasteiger partial charge is 0.497 e. The second kappa shape index (κ2) is 12.9. The molecule has 11 nitrogen and oxygen atoms in total. The van der Waals surface area contributed by atoms with Crippen molar-refractivity contribution in [2.75, 3.05) is 13.7 Å². The zero-order valence-corrected chi connectivity index (χ0v) is 26.7. The predicted octanol–water partition coefficient (Wildman–Crippen LogP) is 4.25. The van der Waals surface area contributed by atoms with Crippen LogP contribution in [0.3, 0.4) is 0 Å². The fraction of sp³-hybridized carbons (Fsp3) is 0.419. The van der Waals surface area contributed by atoms with Crippen LogP contribution in [0.25, 0.3) is 0 Å². The molecule has 44 heavy (non-hydrogen) atoms. The first-order valence-electron chi connectivity index (χ1n) is 14.0. The molecule has 238 valence electrons. The Morgan fingerprint density at radius 1 is 0.795 bits per heavy atom. The molecule has 2 saturated heterocycles. The average molecular weight is 649 g/mol. The van der Waals surface area contributed by atoms with Gasteiger partial charge in [-0.25, -0.2) is 0 Å². The SMILES string of the molecule is COc1ccc(CO[C@H]2[C@@H]3OC(C)(C)O[C@@H]3O[C@@H]2[C@H](COS(=O)(=O)c2ccc(C)cc2)OS(=O)(=O)c2ccc(C)cc2)cc1. The number of hydrogen-bond acceptors (Lipinski definition) is 11. The molecular formula is C31H36O11S2. The van der Waals surface area contributed by atoms with E-state index in [1.165, 1.54) is 24.3 Å². The summed E-state index contributed by atoms with van der Waals surface area (Å²) in [6, 6.07) is 19.4. The lowest BCUT2D eigenvalue weighted by Crippen LogP contribution is -2.46. The third-order valence-corrected chi connectivity index (χ3v) is 9.90. The first-order valence-corrected chi connectivity index (χ1v) is 16.8. The van der Waals surface area contributed by atoms with Crippen molar-refractivity contribution in [2.45, 2.75) is 80.6 Å². The maximum absolute atomic E-state index is 13.4. The Balaban J connectivity index is 1.44. The number of fused-ring (bicyclic) bond motifs is 1. The monoisotopic (exact) mass is 648 g/mol. The topological polar surface area (TPSA) is 133 Å². The van der Waals surface area contributed by atoms with E-state index in [1.54, 1.807) is 57.4 Å². The molecule has 0 unspecified atom stereocenters. The molecule has 13 heteroatoms. The Morgan fingerprint density at radius 2 is 1.36 bits per heavy atom. The lowest BCUT2D eigenvalue weighted by Gasteiger charge is -2.30. The molecular weight excluding hydrogens is 612 g/mol. The summed E-state index contributed by atoms with van der Waals surface area (Å²) >= 11 is 0. The van der Waals surface area contributed by atoms with Gasteiger partial charge in [0.05, 0.1) is 30.1 Å². The first-order chi connectivity index (χ1) is 20.8. The van der Waals surface area contributed by atoms with E-state index in [0.29, 0.717) is 5.75 Å². The van der Waals surface area contributed by atoms with Gasteiger partial charge in [-0.3, -0.25) is 8.37 Å². The summed E-state index contributed by atoms with van der Waals surface area (Å²) in [5.41, 5.74) is 2.51. The van der Waals surface area contributed by atoms with Gasteiger partial charge < -0.3 is 23.7 Å². The van der Waals surface area contributed by atoms with Gasteiger partial charge in [0.25, 0.3) is 20.2 Å². The second-order valence-corrected chi connectivity index (χ2v) is 14.3. The molecule has 0 aliphatic carbocycles. The van der Waals surface area contributed by atoms with Crippen molar-refractivity contribution in [3.63, 3.8) is 0 Å². The van der Waals surface area contributed by atoms with Gasteiger partial charge >= 0.3 is 0 Å². The van der Waals surface area contributed by atoms with Gasteiger partial charge in [0, 0.05) is 0 Å². The first kappa shape index (κ1) is 32.5. The zero-order valence-electron chi connectivity index (χ0n) is 25.0. The van der Waals surface area contributed by atoms with Crippen LogP contribution in [0.5, 0.6) is 5.75 Å². The van der Waals surface area contributed by atoms with Crippen LogP contribution in [0, 0.1) is 13.8 Å². The van der Waals surface area contributed by atoms with Gasteiger partial charge in [-0.2, -0.15) is 16.8 Å². The summed E-state index contributed by atoms with van der Waals surface area (Å²) in [5.74, 6) is -0.329. The molecule has 3 aromatic rings. The highest BCUT2D eigenvalue weighted by molar-refractivity contribution is 7.87. The van der Waals surface area contributed by atoms with E-state index in [9.17, 15) is 16.8 Å². The summed E-state index contributed by atoms with van der Waals surface area (Å²) in [5, 5.41) is 0. The van der Waals surface area contributed by atoms with Gasteiger partial charge in [0.2, 0.25) is 0 Å². The van der Waals surface area contributed by atoms with Gasteiger partial charge in [-0.1, -0.05) is 47.5 Å². The molecule has 0 saturated carbocycles. The number of methoxy groups -OCH3 is 1. The van der Waals surface area contributed by atoms with E-state index in [2.05, 4.69) is 0 Å². The van der Waals surface area contributed by atoms with Crippen molar-refractivity contribution < 1.29 is 48.9 Å². The third kappa shape index (κ3) is 7.49. The standard InChI is InChI=1S/C31H36O11S2/c1-20-6-14-24(15-7-20)43(32,33)38-19-26(42-44(34,35)25-16-8-21(2)9-17-25)27-28(29-30(39-27)41-31(3,4)40-29)37-18-22-10-12-23(36-5)13-11-22/h6-17,26-30H,18-19H2,1-5H3/t26-,27+,28+,29-,30-/m0/s1. The summed E-state index contributed by atoms with van der Waals surface area (Å²) < 4.78 is 93.8. The quantitative estimate of drug-likeness (QED) is 0.261. The predicted molar refractivity (Wildman–Crippen MR) is 158 cm³/mol. The molecule has 0 bridgehead atoms. The van der Waals surface area contributed by atoms with Gasteiger partial charge in [0.1, 0.15) is 30.2 Å². The summed E-state index contributed by atoms with van der Waals surface area (Å²) in [4.78, 5) is -0.204. The van der Waals surface area contributed by atoms with Crippen molar-refractivity contribution in [3.05, 3.63) is 89.5 Å². The Morgan fingerprint density at radius 3 is 1.93 bits per heavy atom. The van der Waals surface area contributed by atoms with Gasteiger partial charge in [-0.05, 0) is 69.7 Å². The second-order valence-electron chi connectivity index (χ2n) is 11.1. The highest BCUT2D eigenvalue weighted by atomic mass is 32.2. The average Bonchev–Trinajstić information content (AvgIpc) is 3.46. The normalized spacial score (nSPS) is 23.8. The molecule has 5 rings (SSSR count). The van der Waals surface area contributed by atoms with E-state index in [0.717, 1.165) is 16.7 Å². The van der Waals surface area contributed by atoms with Gasteiger partial charge in [-0.15, -0.1) is 0 Å². The number of aryl methyl sites for hydroxylation is 2. The lowest BCUT2D eigenvalue weighted by atomic mass is 10.1. The molecule has 0 aromatic heterocycles. The van der Waals surface area contributed by atoms with Crippen LogP contribution in [0.1, 0.15) is 30.5 Å². The molecule has 0 N–H and O–H groups in total. The van der Waals surface area contributed by atoms with Crippen LogP contribution < -0.4 is 4.74 Å². The minimum atomic E-state index is -4.40. The van der Waals surface area contributed by atoms with E-state index < -0.39 is 63.3 Å². The molecule has 0 spiro atoms. The van der Waals surface area contributed by atoms with E-state index in [4.69, 9.17) is 32.1 Å². The Kier molecular flexibility index (Phi) is 9.50. The van der Waals surface area contributed by atoms with Crippen LogP contribution in [0.15, 0.2) is 82.6 Å². The van der Waals surface area contributed by atoms with Crippen LogP contribution in [-0.2, 0) is 54.2 Å². The molecule has 2 fully saturated rings. The van der Waals surface area contributed by atoms with E-state index in [1.807, 2.05) is 26.0 Å². The van der Waals surface area contributed by atoms with Crippen molar-refractivity contribution in [1.82, 2.24) is 0 Å². The molecule has 0 radical (unpaired) electrons. The van der Waals surface area contributed by atoms with E-state index >= 15 is 0 Å². The number of hydrogen-bond donors (Lipinski definition) is 0. The minimum absolute atomic E-state index is 0.0897. The van der Waals surface area contributed by atoms with Crippen molar-refractivity contribution >= 4 is 20.2 Å². The van der Waals surface area contributed by atoms with Crippen LogP contribution in [0.2, 0.25) is 0 Å². The van der Waals surface area contributed by atoms with Crippen molar-refractivity contribution in [3.8, 4) is 5.75 Å². The van der Waals surface area contributed by atoms with E-state index in [-0.39, 0.29) is 16.4 Å². The smallest absolute Gasteiger partial charge is 0.297 e. The fourth-order valence-electron chi connectivity index (χ4n) is 4.94. The lowest BCUT2D eigenvalue weighted by molar-refractivity contribution is -0.229. The van der Waals surface area contributed by atoms with Crippen molar-refractivity contribution in [1.29, 1.82) is 0 Å². The maximum atomic E-state index is 13.4. The van der Waals surface area contributed by atoms with Crippen LogP contribution in [0.4, 0.5) is 0 Å². The number of benzene rings is 3. The Labute approximate surface area is 258 Å². The highest BCUT2D eigenvalue weighted by Gasteiger charge is 2.58. The molecule has 5 atom stereocenters. The van der Waals surface area contributed by atoms with Crippen molar-refractivity contribution in [2.24, 2.45) is 0 Å². The van der Waals surface area contributed by atoms with Gasteiger partial charge in [0.15, 0.2) is 12.1 Å². The third-order valence-electron chi connectivity index (χ3n) is 7.25. The Hall–Kier alpha value is -2.88. The van der Waals surface area contributed by atoms with Crippen LogP contribution in [-0.4, -0.2) is 67.0 Å².